The second-order valence-electron chi connectivity index (χ2n) is 7.87. The first-order valence-corrected chi connectivity index (χ1v) is 9.09. The molecular formula is C21H23N3O5. The molecule has 0 bridgehead atoms. The SMILES string of the molecule is COc1cc(C2C(C#N)=C(N)OC3=C2C(=O)CC(C)(C)C3)ccc1OCC(N)=O. The highest BCUT2D eigenvalue weighted by Crippen LogP contribution is 2.48. The minimum atomic E-state index is -0.661. The van der Waals surface area contributed by atoms with E-state index in [0.717, 1.165) is 0 Å². The van der Waals surface area contributed by atoms with Crippen LogP contribution in [0.25, 0.3) is 0 Å². The molecule has 29 heavy (non-hydrogen) atoms. The number of methoxy groups -OCH3 is 1. The molecule has 0 saturated carbocycles. The average molecular weight is 397 g/mol. The van der Waals surface area contributed by atoms with E-state index in [1.165, 1.54) is 7.11 Å². The summed E-state index contributed by atoms with van der Waals surface area (Å²) in [5.74, 6) is -0.190. The molecule has 3 rings (SSSR count). The smallest absolute Gasteiger partial charge is 0.255 e. The van der Waals surface area contributed by atoms with E-state index in [4.69, 9.17) is 25.7 Å². The molecule has 1 heterocycles. The van der Waals surface area contributed by atoms with Gasteiger partial charge in [-0.1, -0.05) is 19.9 Å². The van der Waals surface area contributed by atoms with Crippen molar-refractivity contribution in [1.82, 2.24) is 0 Å². The highest BCUT2D eigenvalue weighted by molar-refractivity contribution is 6.00. The van der Waals surface area contributed by atoms with Crippen LogP contribution in [0.4, 0.5) is 0 Å². The van der Waals surface area contributed by atoms with Gasteiger partial charge in [-0.05, 0) is 23.1 Å². The van der Waals surface area contributed by atoms with Crippen LogP contribution in [0.15, 0.2) is 41.0 Å². The van der Waals surface area contributed by atoms with Crippen LogP contribution in [0, 0.1) is 16.7 Å². The Labute approximate surface area is 168 Å². The van der Waals surface area contributed by atoms with Crippen molar-refractivity contribution in [3.63, 3.8) is 0 Å². The van der Waals surface area contributed by atoms with E-state index in [1.807, 2.05) is 13.8 Å². The molecular weight excluding hydrogens is 374 g/mol. The van der Waals surface area contributed by atoms with Gasteiger partial charge in [0.1, 0.15) is 17.4 Å². The number of carbonyl (C=O) groups is 2. The fourth-order valence-electron chi connectivity index (χ4n) is 3.75. The number of hydrogen-bond donors (Lipinski definition) is 2. The Balaban J connectivity index is 2.10. The van der Waals surface area contributed by atoms with Crippen LogP contribution in [0.2, 0.25) is 0 Å². The highest BCUT2D eigenvalue weighted by Gasteiger charge is 2.43. The maximum atomic E-state index is 13.0. The van der Waals surface area contributed by atoms with E-state index in [0.29, 0.717) is 41.2 Å². The third-order valence-corrected chi connectivity index (χ3v) is 4.97. The number of carbonyl (C=O) groups excluding carboxylic acids is 2. The molecule has 1 aliphatic carbocycles. The first-order valence-electron chi connectivity index (χ1n) is 9.09. The molecule has 1 unspecified atom stereocenters. The summed E-state index contributed by atoms with van der Waals surface area (Å²) in [5, 5.41) is 9.69. The number of amides is 1. The van der Waals surface area contributed by atoms with Gasteiger partial charge in [-0.25, -0.2) is 0 Å². The van der Waals surface area contributed by atoms with Crippen LogP contribution < -0.4 is 20.9 Å². The minimum Gasteiger partial charge on any atom is -0.493 e. The summed E-state index contributed by atoms with van der Waals surface area (Å²) in [6.07, 6.45) is 0.891. The lowest BCUT2D eigenvalue weighted by molar-refractivity contribution is -0.120. The van der Waals surface area contributed by atoms with Crippen molar-refractivity contribution in [1.29, 1.82) is 5.26 Å². The average Bonchev–Trinajstić information content (AvgIpc) is 2.64. The van der Waals surface area contributed by atoms with Gasteiger partial charge in [0.25, 0.3) is 5.91 Å². The predicted octanol–water partition coefficient (Wildman–Crippen LogP) is 2.01. The zero-order valence-electron chi connectivity index (χ0n) is 16.6. The molecule has 1 atom stereocenters. The molecule has 1 aromatic carbocycles. The Kier molecular flexibility index (Phi) is 5.25. The second-order valence-corrected chi connectivity index (χ2v) is 7.87. The normalized spacial score (nSPS) is 20.5. The van der Waals surface area contributed by atoms with Gasteiger partial charge in [-0.3, -0.25) is 9.59 Å². The van der Waals surface area contributed by atoms with E-state index in [2.05, 4.69) is 6.07 Å². The Morgan fingerprint density at radius 1 is 1.34 bits per heavy atom. The number of benzene rings is 1. The number of rotatable bonds is 5. The van der Waals surface area contributed by atoms with Crippen LogP contribution in [-0.2, 0) is 14.3 Å². The zero-order valence-corrected chi connectivity index (χ0v) is 16.6. The summed E-state index contributed by atoms with van der Waals surface area (Å²) in [7, 11) is 1.45. The molecule has 152 valence electrons. The van der Waals surface area contributed by atoms with E-state index in [9.17, 15) is 14.9 Å². The van der Waals surface area contributed by atoms with Crippen molar-refractivity contribution in [3.05, 3.63) is 46.6 Å². The number of hydrogen-bond acceptors (Lipinski definition) is 7. The zero-order chi connectivity index (χ0) is 21.3. The largest absolute Gasteiger partial charge is 0.493 e. The highest BCUT2D eigenvalue weighted by atomic mass is 16.5. The third-order valence-electron chi connectivity index (χ3n) is 4.97. The Hall–Kier alpha value is -3.47. The Morgan fingerprint density at radius 3 is 2.69 bits per heavy atom. The first kappa shape index (κ1) is 20.3. The maximum absolute atomic E-state index is 13.0. The maximum Gasteiger partial charge on any atom is 0.255 e. The summed E-state index contributed by atoms with van der Waals surface area (Å²) in [6.45, 7) is 3.67. The topological polar surface area (TPSA) is 138 Å². The van der Waals surface area contributed by atoms with Crippen LogP contribution in [0.3, 0.4) is 0 Å². The van der Waals surface area contributed by atoms with Crippen molar-refractivity contribution < 1.29 is 23.8 Å². The summed E-state index contributed by atoms with van der Waals surface area (Å²) in [4.78, 5) is 24.0. The number of Topliss-reactive ketones (excluding diaryl/α,β-unsaturated/α-hetero) is 1. The van der Waals surface area contributed by atoms with Crippen LogP contribution in [0.5, 0.6) is 11.5 Å². The van der Waals surface area contributed by atoms with Gasteiger partial charge in [0.15, 0.2) is 23.9 Å². The van der Waals surface area contributed by atoms with Gasteiger partial charge < -0.3 is 25.7 Å². The molecule has 8 heteroatoms. The summed E-state index contributed by atoms with van der Waals surface area (Å²) >= 11 is 0. The van der Waals surface area contributed by atoms with Gasteiger partial charge >= 0.3 is 0 Å². The lowest BCUT2D eigenvalue weighted by atomic mass is 9.70. The quantitative estimate of drug-likeness (QED) is 0.775. The fourth-order valence-corrected chi connectivity index (χ4v) is 3.75. The number of allylic oxidation sites excluding steroid dienone is 3. The van der Waals surface area contributed by atoms with Gasteiger partial charge in [-0.15, -0.1) is 0 Å². The van der Waals surface area contributed by atoms with E-state index < -0.39 is 11.8 Å². The molecule has 8 nitrogen and oxygen atoms in total. The number of ketones is 1. The van der Waals surface area contributed by atoms with Crippen molar-refractivity contribution in [2.75, 3.05) is 13.7 Å². The van der Waals surface area contributed by atoms with Gasteiger partial charge in [0.05, 0.1) is 13.0 Å². The number of primary amides is 1. The monoisotopic (exact) mass is 397 g/mol. The summed E-state index contributed by atoms with van der Waals surface area (Å²) in [5.41, 5.74) is 12.1. The minimum absolute atomic E-state index is 0.00484. The molecule has 4 N–H and O–H groups in total. The molecule has 0 fully saturated rings. The molecule has 0 aromatic heterocycles. The van der Waals surface area contributed by atoms with Gasteiger partial charge in [-0.2, -0.15) is 5.26 Å². The predicted molar refractivity (Wildman–Crippen MR) is 103 cm³/mol. The van der Waals surface area contributed by atoms with E-state index in [-0.39, 0.29) is 29.3 Å². The fraction of sp³-hybridized carbons (Fsp3) is 0.381. The molecule has 0 spiro atoms. The van der Waals surface area contributed by atoms with Gasteiger partial charge in [0, 0.05) is 18.4 Å². The number of nitriles is 1. The van der Waals surface area contributed by atoms with Crippen molar-refractivity contribution in [3.8, 4) is 17.6 Å². The number of nitrogens with zero attached hydrogens (tertiary/aromatic N) is 1. The van der Waals surface area contributed by atoms with Gasteiger partial charge in [0.2, 0.25) is 5.88 Å². The number of ether oxygens (including phenoxy) is 3. The molecule has 1 amide bonds. The summed E-state index contributed by atoms with van der Waals surface area (Å²) < 4.78 is 16.4. The Morgan fingerprint density at radius 2 is 2.07 bits per heavy atom. The lowest BCUT2D eigenvalue weighted by Gasteiger charge is -2.37. The lowest BCUT2D eigenvalue weighted by Crippen LogP contribution is -2.33. The third kappa shape index (κ3) is 3.90. The standard InChI is InChI=1S/C21H23N3O5/c1-21(2)7-13(25)19-16(8-21)29-20(24)12(9-22)18(19)11-4-5-14(15(6-11)27-3)28-10-17(23)26/h4-6,18H,7-8,10,24H2,1-3H3,(H2,23,26). The van der Waals surface area contributed by atoms with Crippen molar-refractivity contribution >= 4 is 11.7 Å². The molecule has 2 aliphatic rings. The molecule has 1 aromatic rings. The second kappa shape index (κ2) is 7.51. The molecule has 1 aliphatic heterocycles. The molecule has 0 radical (unpaired) electrons. The van der Waals surface area contributed by atoms with Crippen LogP contribution in [-0.4, -0.2) is 25.4 Å². The first-order chi connectivity index (χ1) is 13.7. The Bertz CT molecular complexity index is 985. The van der Waals surface area contributed by atoms with Crippen molar-refractivity contribution in [2.45, 2.75) is 32.6 Å². The van der Waals surface area contributed by atoms with E-state index in [1.54, 1.807) is 18.2 Å². The van der Waals surface area contributed by atoms with Crippen LogP contribution in [0.1, 0.15) is 38.2 Å². The van der Waals surface area contributed by atoms with E-state index >= 15 is 0 Å². The summed E-state index contributed by atoms with van der Waals surface area (Å²) in [6, 6.07) is 7.05. The number of nitrogens with two attached hydrogens (primary N) is 2. The van der Waals surface area contributed by atoms with Crippen molar-refractivity contribution in [2.24, 2.45) is 16.9 Å². The molecule has 0 saturated heterocycles. The van der Waals surface area contributed by atoms with Crippen LogP contribution >= 0.6 is 0 Å².